The van der Waals surface area contributed by atoms with E-state index in [1.165, 1.54) is 360 Å². The lowest BCUT2D eigenvalue weighted by Crippen LogP contribution is -2.34. The molecule has 0 radical (unpaired) electrons. The van der Waals surface area contributed by atoms with Crippen molar-refractivity contribution < 1.29 is 0 Å². The Kier molecular flexibility index (Phi) is 66.7. The van der Waals surface area contributed by atoms with E-state index in [1.807, 2.05) is 0 Å². The number of unbranched alkanes of at least 4 members (excludes halogenated alkanes) is 60. The van der Waals surface area contributed by atoms with Crippen LogP contribution in [-0.2, 0) is 0 Å². The lowest BCUT2D eigenvalue weighted by Gasteiger charge is -2.33. The van der Waals surface area contributed by atoms with E-state index >= 15 is 0 Å². The van der Waals surface area contributed by atoms with E-state index < -0.39 is 8.07 Å². The fourth-order valence-electron chi connectivity index (χ4n) is 12.9. The van der Waals surface area contributed by atoms with Gasteiger partial charge in [-0.1, -0.05) is 463 Å². The molecule has 0 atom stereocenters. The van der Waals surface area contributed by atoms with Gasteiger partial charge < -0.3 is 0 Å². The number of hydrogen-bond acceptors (Lipinski definition) is 0. The van der Waals surface area contributed by atoms with Crippen LogP contribution in [0.5, 0.6) is 0 Å². The first-order valence-electron chi connectivity index (χ1n) is 36.2. The molecule has 0 saturated carbocycles. The Bertz CT molecular complexity index is 775. The SMILES string of the molecule is CCCCCCCCCCCCCCCCCC[Si](CCCCCCCCCCCCCCCCCC)(CCCCCCCCCCCCCCCCCC)CCCCCCCCCCCCCCCCCC. The van der Waals surface area contributed by atoms with Crippen molar-refractivity contribution in [2.75, 3.05) is 0 Å². The van der Waals surface area contributed by atoms with Crippen molar-refractivity contribution in [2.24, 2.45) is 0 Å². The van der Waals surface area contributed by atoms with Gasteiger partial charge in [0.2, 0.25) is 0 Å². The minimum absolute atomic E-state index is 1.22. The normalized spacial score (nSPS) is 12.0. The maximum absolute atomic E-state index is 2.33. The molecule has 0 aliphatic heterocycles. The van der Waals surface area contributed by atoms with Gasteiger partial charge in [-0.15, -0.1) is 0 Å². The molecule has 0 N–H and O–H groups in total. The van der Waals surface area contributed by atoms with E-state index in [-0.39, 0.29) is 0 Å². The summed E-state index contributed by atoms with van der Waals surface area (Å²) in [4.78, 5) is 0. The molecule has 0 fully saturated rings. The summed E-state index contributed by atoms with van der Waals surface area (Å²) in [6, 6.07) is 6.78. The van der Waals surface area contributed by atoms with Crippen LogP contribution in [0, 0.1) is 0 Å². The zero-order valence-corrected chi connectivity index (χ0v) is 53.6. The van der Waals surface area contributed by atoms with Crippen molar-refractivity contribution >= 4 is 8.07 Å². The quantitative estimate of drug-likeness (QED) is 0.0421. The minimum atomic E-state index is -1.22. The smallest absolute Gasteiger partial charge is 0.0535 e. The van der Waals surface area contributed by atoms with E-state index in [0.717, 1.165) is 0 Å². The van der Waals surface area contributed by atoms with Crippen LogP contribution in [0.2, 0.25) is 24.2 Å². The van der Waals surface area contributed by atoms with Crippen LogP contribution in [-0.4, -0.2) is 8.07 Å². The zero-order valence-electron chi connectivity index (χ0n) is 52.6. The summed E-state index contributed by atoms with van der Waals surface area (Å²) in [5, 5.41) is 0. The van der Waals surface area contributed by atoms with E-state index in [0.29, 0.717) is 0 Å². The molecular weight excluding hydrogens is 893 g/mol. The van der Waals surface area contributed by atoms with Crippen LogP contribution in [0.15, 0.2) is 0 Å². The molecule has 0 heterocycles. The Morgan fingerprint density at radius 3 is 0.288 bits per heavy atom. The third-order valence-corrected chi connectivity index (χ3v) is 23.9. The highest BCUT2D eigenvalue weighted by Crippen LogP contribution is 2.35. The molecule has 0 spiro atoms. The van der Waals surface area contributed by atoms with Crippen LogP contribution >= 0.6 is 0 Å². The molecule has 73 heavy (non-hydrogen) atoms. The van der Waals surface area contributed by atoms with Gasteiger partial charge >= 0.3 is 0 Å². The Hall–Kier alpha value is 0.217. The average molecular weight is 1040 g/mol. The maximum Gasteiger partial charge on any atom is 0.0535 e. The Balaban J connectivity index is 4.96. The molecule has 0 aromatic rings. The fourth-order valence-corrected chi connectivity index (χ4v) is 18.4. The van der Waals surface area contributed by atoms with Crippen molar-refractivity contribution in [3.05, 3.63) is 0 Å². The highest BCUT2D eigenvalue weighted by Gasteiger charge is 2.30. The van der Waals surface area contributed by atoms with E-state index in [2.05, 4.69) is 27.7 Å². The first-order chi connectivity index (χ1) is 36.2. The summed E-state index contributed by atoms with van der Waals surface area (Å²) in [5.41, 5.74) is 0. The van der Waals surface area contributed by atoms with Crippen LogP contribution in [0.3, 0.4) is 0 Å². The van der Waals surface area contributed by atoms with Gasteiger partial charge in [-0.3, -0.25) is 0 Å². The van der Waals surface area contributed by atoms with Crippen molar-refractivity contribution in [1.29, 1.82) is 0 Å². The van der Waals surface area contributed by atoms with Gasteiger partial charge in [-0.25, -0.2) is 0 Å². The first kappa shape index (κ1) is 73.2. The Morgan fingerprint density at radius 1 is 0.110 bits per heavy atom. The molecule has 0 nitrogen and oxygen atoms in total. The summed E-state index contributed by atoms with van der Waals surface area (Å²) in [6.45, 7) is 9.34. The molecular formula is C72H148Si. The highest BCUT2D eigenvalue weighted by atomic mass is 28.3. The maximum atomic E-state index is 2.33. The predicted octanol–water partition coefficient (Wildman–Crippen LogP) is 28.5. The average Bonchev–Trinajstić information content (AvgIpc) is 3.40. The molecule has 0 aliphatic rings. The number of rotatable bonds is 68. The van der Waals surface area contributed by atoms with Crippen molar-refractivity contribution in [1.82, 2.24) is 0 Å². The molecule has 1 heteroatoms. The Morgan fingerprint density at radius 2 is 0.192 bits per heavy atom. The van der Waals surface area contributed by atoms with Crippen LogP contribution < -0.4 is 0 Å². The van der Waals surface area contributed by atoms with Crippen molar-refractivity contribution in [2.45, 2.75) is 463 Å². The summed E-state index contributed by atoms with van der Waals surface area (Å²) < 4.78 is 0. The highest BCUT2D eigenvalue weighted by molar-refractivity contribution is 6.79. The topological polar surface area (TPSA) is 0 Å². The molecule has 0 saturated heterocycles. The summed E-state index contributed by atoms with van der Waals surface area (Å²) >= 11 is 0. The number of hydrogen-bond donors (Lipinski definition) is 0. The minimum Gasteiger partial charge on any atom is -0.0654 e. The third-order valence-electron chi connectivity index (χ3n) is 18.2. The Labute approximate surface area is 468 Å². The molecule has 0 aromatic carbocycles. The summed E-state index contributed by atoms with van der Waals surface area (Å²) in [6.07, 6.45) is 95.8. The van der Waals surface area contributed by atoms with E-state index in [4.69, 9.17) is 0 Å². The van der Waals surface area contributed by atoms with Crippen LogP contribution in [0.1, 0.15) is 439 Å². The fraction of sp³-hybridized carbons (Fsp3) is 1.00. The lowest BCUT2D eigenvalue weighted by molar-refractivity contribution is 0.528. The standard InChI is InChI=1S/C72H148Si/c1-5-9-13-17-21-25-29-33-37-41-45-49-53-57-61-65-69-73(70-66-62-58-54-50-46-42-38-34-30-26-22-18-14-10-6-2,71-67-63-59-55-51-47-43-39-35-31-27-23-19-15-11-7-3)72-68-64-60-56-52-48-44-40-36-32-28-24-20-16-12-8-4/h5-72H2,1-4H3. The molecule has 0 rings (SSSR count). The van der Waals surface area contributed by atoms with E-state index in [9.17, 15) is 0 Å². The zero-order chi connectivity index (χ0) is 52.6. The second-order valence-corrected chi connectivity index (χ2v) is 30.7. The van der Waals surface area contributed by atoms with Gasteiger partial charge in [0.05, 0.1) is 8.07 Å². The first-order valence-corrected chi connectivity index (χ1v) is 39.1. The largest absolute Gasteiger partial charge is 0.0654 e. The summed E-state index contributed by atoms with van der Waals surface area (Å²) in [7, 11) is -1.22. The van der Waals surface area contributed by atoms with Gasteiger partial charge in [-0.2, -0.15) is 0 Å². The summed E-state index contributed by atoms with van der Waals surface area (Å²) in [5.74, 6) is 0. The molecule has 440 valence electrons. The second-order valence-electron chi connectivity index (χ2n) is 25.7. The van der Waals surface area contributed by atoms with E-state index in [1.54, 1.807) is 75.5 Å². The predicted molar refractivity (Wildman–Crippen MR) is 343 cm³/mol. The monoisotopic (exact) mass is 1040 g/mol. The van der Waals surface area contributed by atoms with Crippen molar-refractivity contribution in [3.8, 4) is 0 Å². The lowest BCUT2D eigenvalue weighted by atomic mass is 10.0. The van der Waals surface area contributed by atoms with Gasteiger partial charge in [-0.05, 0) is 0 Å². The second kappa shape index (κ2) is 66.5. The van der Waals surface area contributed by atoms with Crippen molar-refractivity contribution in [3.63, 3.8) is 0 Å². The van der Waals surface area contributed by atoms with Gasteiger partial charge in [0, 0.05) is 0 Å². The molecule has 0 amide bonds. The molecule has 0 unspecified atom stereocenters. The van der Waals surface area contributed by atoms with Gasteiger partial charge in [0.15, 0.2) is 0 Å². The molecule has 0 aliphatic carbocycles. The van der Waals surface area contributed by atoms with Gasteiger partial charge in [0.1, 0.15) is 0 Å². The molecule has 0 bridgehead atoms. The van der Waals surface area contributed by atoms with Crippen LogP contribution in [0.4, 0.5) is 0 Å². The van der Waals surface area contributed by atoms with Gasteiger partial charge in [0.25, 0.3) is 0 Å². The molecule has 0 aromatic heterocycles. The van der Waals surface area contributed by atoms with Crippen LogP contribution in [0.25, 0.3) is 0 Å². The third kappa shape index (κ3) is 61.3.